The topological polar surface area (TPSA) is 64.6 Å². The predicted octanol–water partition coefficient (Wildman–Crippen LogP) is 1.76. The predicted molar refractivity (Wildman–Crippen MR) is 71.1 cm³/mol. The monoisotopic (exact) mass is 265 g/mol. The molecule has 0 saturated heterocycles. The lowest BCUT2D eigenvalue weighted by Gasteiger charge is -2.10. The lowest BCUT2D eigenvalue weighted by molar-refractivity contribution is 0.0479. The van der Waals surface area contributed by atoms with Gasteiger partial charge in [-0.25, -0.2) is 9.59 Å². The Hall–Kier alpha value is -1.88. The molecule has 0 saturated carbocycles. The number of carbonyl (C=O) groups is 2. The van der Waals surface area contributed by atoms with Gasteiger partial charge in [-0.05, 0) is 38.6 Å². The number of esters is 2. The fourth-order valence-corrected chi connectivity index (χ4v) is 1.67. The standard InChI is InChI=1S/C14H19NO4/c1-4-18-13(16)11-7-6-10(9-15-3)8-12(11)14(17)19-5-2/h6-8,15H,4-5,9H2,1-3H3. The zero-order valence-corrected chi connectivity index (χ0v) is 11.5. The van der Waals surface area contributed by atoms with Crippen LogP contribution in [0.3, 0.4) is 0 Å². The summed E-state index contributed by atoms with van der Waals surface area (Å²) < 4.78 is 9.90. The van der Waals surface area contributed by atoms with Crippen molar-refractivity contribution in [3.05, 3.63) is 34.9 Å². The summed E-state index contributed by atoms with van der Waals surface area (Å²) in [4.78, 5) is 23.7. The van der Waals surface area contributed by atoms with E-state index in [9.17, 15) is 9.59 Å². The Labute approximate surface area is 112 Å². The number of nitrogens with one attached hydrogen (secondary N) is 1. The molecule has 0 radical (unpaired) electrons. The molecule has 1 aromatic rings. The molecular formula is C14H19NO4. The molecular weight excluding hydrogens is 246 g/mol. The fourth-order valence-electron chi connectivity index (χ4n) is 1.67. The summed E-state index contributed by atoms with van der Waals surface area (Å²) in [6.45, 7) is 4.57. The molecule has 1 aromatic carbocycles. The van der Waals surface area contributed by atoms with Crippen LogP contribution in [-0.4, -0.2) is 32.2 Å². The molecule has 0 unspecified atom stereocenters. The number of benzene rings is 1. The lowest BCUT2D eigenvalue weighted by Crippen LogP contribution is -2.15. The molecule has 0 aliphatic carbocycles. The first-order valence-electron chi connectivity index (χ1n) is 6.25. The van der Waals surface area contributed by atoms with Crippen LogP contribution in [0.4, 0.5) is 0 Å². The molecule has 0 fully saturated rings. The minimum atomic E-state index is -0.512. The quantitative estimate of drug-likeness (QED) is 0.794. The van der Waals surface area contributed by atoms with Crippen LogP contribution in [0.15, 0.2) is 18.2 Å². The van der Waals surface area contributed by atoms with Crippen molar-refractivity contribution in [2.45, 2.75) is 20.4 Å². The Morgan fingerprint density at radius 1 is 1.05 bits per heavy atom. The van der Waals surface area contributed by atoms with Gasteiger partial charge in [0.05, 0.1) is 24.3 Å². The maximum Gasteiger partial charge on any atom is 0.339 e. The van der Waals surface area contributed by atoms with Gasteiger partial charge < -0.3 is 14.8 Å². The van der Waals surface area contributed by atoms with E-state index in [0.717, 1.165) is 5.56 Å². The second-order valence-corrected chi connectivity index (χ2v) is 3.85. The molecule has 5 nitrogen and oxygen atoms in total. The molecule has 0 aliphatic rings. The maximum atomic E-state index is 11.9. The summed E-state index contributed by atoms with van der Waals surface area (Å²) in [5, 5.41) is 2.99. The van der Waals surface area contributed by atoms with E-state index in [1.807, 2.05) is 7.05 Å². The first-order valence-corrected chi connectivity index (χ1v) is 6.25. The number of rotatable bonds is 6. The molecule has 0 spiro atoms. The Morgan fingerprint density at radius 2 is 1.63 bits per heavy atom. The highest BCUT2D eigenvalue weighted by Crippen LogP contribution is 2.15. The van der Waals surface area contributed by atoms with Crippen molar-refractivity contribution in [3.8, 4) is 0 Å². The van der Waals surface area contributed by atoms with Crippen LogP contribution in [0, 0.1) is 0 Å². The molecule has 1 rings (SSSR count). The van der Waals surface area contributed by atoms with E-state index in [2.05, 4.69) is 5.32 Å². The van der Waals surface area contributed by atoms with Crippen LogP contribution in [-0.2, 0) is 16.0 Å². The first kappa shape index (κ1) is 15.2. The van der Waals surface area contributed by atoms with Gasteiger partial charge in [0.25, 0.3) is 0 Å². The zero-order chi connectivity index (χ0) is 14.3. The summed E-state index contributed by atoms with van der Waals surface area (Å²) in [7, 11) is 1.81. The van der Waals surface area contributed by atoms with E-state index >= 15 is 0 Å². The Balaban J connectivity index is 3.14. The van der Waals surface area contributed by atoms with Crippen molar-refractivity contribution in [1.82, 2.24) is 5.32 Å². The van der Waals surface area contributed by atoms with E-state index in [0.29, 0.717) is 6.54 Å². The number of carbonyl (C=O) groups excluding carboxylic acids is 2. The highest BCUT2D eigenvalue weighted by molar-refractivity contribution is 6.03. The van der Waals surface area contributed by atoms with Crippen LogP contribution in [0.1, 0.15) is 40.1 Å². The average molecular weight is 265 g/mol. The normalized spacial score (nSPS) is 10.1. The van der Waals surface area contributed by atoms with Crippen molar-refractivity contribution in [2.75, 3.05) is 20.3 Å². The van der Waals surface area contributed by atoms with Gasteiger partial charge in [0.15, 0.2) is 0 Å². The smallest absolute Gasteiger partial charge is 0.339 e. The van der Waals surface area contributed by atoms with Crippen LogP contribution in [0.5, 0.6) is 0 Å². The second kappa shape index (κ2) is 7.53. The van der Waals surface area contributed by atoms with Gasteiger partial charge in [-0.3, -0.25) is 0 Å². The molecule has 0 bridgehead atoms. The lowest BCUT2D eigenvalue weighted by atomic mass is 10.0. The molecule has 0 amide bonds. The number of hydrogen-bond donors (Lipinski definition) is 1. The zero-order valence-electron chi connectivity index (χ0n) is 11.5. The van der Waals surface area contributed by atoms with Gasteiger partial charge in [0, 0.05) is 6.54 Å². The molecule has 0 heterocycles. The van der Waals surface area contributed by atoms with Gasteiger partial charge in [-0.15, -0.1) is 0 Å². The number of ether oxygens (including phenoxy) is 2. The van der Waals surface area contributed by atoms with Gasteiger partial charge in [0.1, 0.15) is 0 Å². The first-order chi connectivity index (χ1) is 9.13. The SMILES string of the molecule is CCOC(=O)c1ccc(CNC)cc1C(=O)OCC. The molecule has 0 atom stereocenters. The third-order valence-electron chi connectivity index (χ3n) is 2.46. The Bertz CT molecular complexity index is 457. The highest BCUT2D eigenvalue weighted by atomic mass is 16.5. The minimum absolute atomic E-state index is 0.236. The molecule has 104 valence electrons. The molecule has 1 N–H and O–H groups in total. The van der Waals surface area contributed by atoms with E-state index < -0.39 is 11.9 Å². The molecule has 19 heavy (non-hydrogen) atoms. The van der Waals surface area contributed by atoms with Gasteiger partial charge in [-0.2, -0.15) is 0 Å². The minimum Gasteiger partial charge on any atom is -0.462 e. The molecule has 5 heteroatoms. The van der Waals surface area contributed by atoms with Gasteiger partial charge in [0.2, 0.25) is 0 Å². The average Bonchev–Trinajstić information content (AvgIpc) is 2.39. The third-order valence-corrected chi connectivity index (χ3v) is 2.46. The Kier molecular flexibility index (Phi) is 6.02. The van der Waals surface area contributed by atoms with E-state index in [-0.39, 0.29) is 24.3 Å². The van der Waals surface area contributed by atoms with Crippen LogP contribution < -0.4 is 5.32 Å². The molecule has 0 aliphatic heterocycles. The summed E-state index contributed by atoms with van der Waals surface area (Å²) in [5.74, 6) is -1.02. The molecule has 0 aromatic heterocycles. The highest BCUT2D eigenvalue weighted by Gasteiger charge is 2.19. The fraction of sp³-hybridized carbons (Fsp3) is 0.429. The summed E-state index contributed by atoms with van der Waals surface area (Å²) in [6, 6.07) is 5.03. The second-order valence-electron chi connectivity index (χ2n) is 3.85. The van der Waals surface area contributed by atoms with Crippen molar-refractivity contribution in [1.29, 1.82) is 0 Å². The summed E-state index contributed by atoms with van der Waals surface area (Å²) in [5.41, 5.74) is 1.38. The van der Waals surface area contributed by atoms with Crippen LogP contribution >= 0.6 is 0 Å². The van der Waals surface area contributed by atoms with E-state index in [1.165, 1.54) is 0 Å². The van der Waals surface area contributed by atoms with E-state index in [4.69, 9.17) is 9.47 Å². The third kappa shape index (κ3) is 4.06. The van der Waals surface area contributed by atoms with Crippen LogP contribution in [0.25, 0.3) is 0 Å². The maximum absolute atomic E-state index is 11.9. The number of hydrogen-bond acceptors (Lipinski definition) is 5. The van der Waals surface area contributed by atoms with Crippen molar-refractivity contribution < 1.29 is 19.1 Å². The summed E-state index contributed by atoms with van der Waals surface area (Å²) in [6.07, 6.45) is 0. The summed E-state index contributed by atoms with van der Waals surface area (Å²) >= 11 is 0. The van der Waals surface area contributed by atoms with Crippen molar-refractivity contribution in [2.24, 2.45) is 0 Å². The van der Waals surface area contributed by atoms with Gasteiger partial charge >= 0.3 is 11.9 Å². The van der Waals surface area contributed by atoms with Crippen LogP contribution in [0.2, 0.25) is 0 Å². The largest absolute Gasteiger partial charge is 0.462 e. The van der Waals surface area contributed by atoms with Crippen molar-refractivity contribution in [3.63, 3.8) is 0 Å². The Morgan fingerprint density at radius 3 is 2.16 bits per heavy atom. The van der Waals surface area contributed by atoms with E-state index in [1.54, 1.807) is 32.0 Å². The van der Waals surface area contributed by atoms with Gasteiger partial charge in [-0.1, -0.05) is 6.07 Å². The van der Waals surface area contributed by atoms with Crippen molar-refractivity contribution >= 4 is 11.9 Å².